The van der Waals surface area contributed by atoms with Crippen LogP contribution in [0.15, 0.2) is 61.2 Å². The quantitative estimate of drug-likeness (QED) is 0.554. The van der Waals surface area contributed by atoms with E-state index < -0.39 is 0 Å². The second-order valence-electron chi connectivity index (χ2n) is 5.87. The Hall–Kier alpha value is -3.28. The van der Waals surface area contributed by atoms with E-state index in [1.54, 1.807) is 30.3 Å². The van der Waals surface area contributed by atoms with Gasteiger partial charge in [0.1, 0.15) is 12.4 Å². The van der Waals surface area contributed by atoms with Gasteiger partial charge in [-0.2, -0.15) is 0 Å². The number of amides is 2. The number of rotatable bonds is 10. The molecule has 0 aliphatic carbocycles. The van der Waals surface area contributed by atoms with Crippen molar-refractivity contribution in [3.63, 3.8) is 0 Å². The van der Waals surface area contributed by atoms with Crippen molar-refractivity contribution in [3.8, 4) is 5.75 Å². The van der Waals surface area contributed by atoms with Gasteiger partial charge in [0.25, 0.3) is 0 Å². The number of hydrogen-bond acceptors (Lipinski definition) is 4. The lowest BCUT2D eigenvalue weighted by Crippen LogP contribution is -2.22. The topological polar surface area (TPSA) is 79.5 Å². The van der Waals surface area contributed by atoms with E-state index in [1.165, 1.54) is 0 Å². The number of para-hydroxylation sites is 2. The first-order valence-electron chi connectivity index (χ1n) is 8.88. The summed E-state index contributed by atoms with van der Waals surface area (Å²) in [6.45, 7) is 6.07. The van der Waals surface area contributed by atoms with Crippen molar-refractivity contribution in [1.82, 2.24) is 0 Å². The number of nitrogens with one attached hydrogen (secondary N) is 3. The molecule has 2 aromatic rings. The summed E-state index contributed by atoms with van der Waals surface area (Å²) < 4.78 is 5.55. The normalized spacial score (nSPS) is 9.96. The third-order valence-electron chi connectivity index (χ3n) is 3.61. The molecule has 0 aromatic heterocycles. The van der Waals surface area contributed by atoms with E-state index in [0.717, 1.165) is 12.1 Å². The van der Waals surface area contributed by atoms with E-state index in [4.69, 9.17) is 4.74 Å². The van der Waals surface area contributed by atoms with Gasteiger partial charge >= 0.3 is 0 Å². The average Bonchev–Trinajstić information content (AvgIpc) is 2.67. The molecule has 0 aliphatic rings. The lowest BCUT2D eigenvalue weighted by molar-refractivity contribution is -0.116. The molecule has 2 rings (SSSR count). The van der Waals surface area contributed by atoms with Crippen LogP contribution in [0, 0.1) is 0 Å². The summed E-state index contributed by atoms with van der Waals surface area (Å²) in [7, 11) is 0. The minimum atomic E-state index is -0.184. The Kier molecular flexibility index (Phi) is 7.91. The van der Waals surface area contributed by atoms with Crippen LogP contribution in [-0.2, 0) is 9.59 Å². The smallest absolute Gasteiger partial charge is 0.243 e. The SMILES string of the molecule is C=CCOc1ccccc1NCC(=O)Nc1ccc(NC(=O)CCC)cc1. The third kappa shape index (κ3) is 6.86. The molecule has 0 heterocycles. The molecule has 142 valence electrons. The predicted octanol–water partition coefficient (Wildman–Crippen LogP) is 4.04. The number of benzene rings is 2. The Labute approximate surface area is 159 Å². The van der Waals surface area contributed by atoms with Gasteiger partial charge in [0.05, 0.1) is 12.2 Å². The van der Waals surface area contributed by atoms with Crippen LogP contribution in [0.4, 0.5) is 17.1 Å². The zero-order valence-corrected chi connectivity index (χ0v) is 15.5. The Balaban J connectivity index is 1.85. The van der Waals surface area contributed by atoms with Crippen LogP contribution in [0.25, 0.3) is 0 Å². The first-order chi connectivity index (χ1) is 13.1. The van der Waals surface area contributed by atoms with Crippen LogP contribution >= 0.6 is 0 Å². The largest absolute Gasteiger partial charge is 0.487 e. The van der Waals surface area contributed by atoms with Gasteiger partial charge in [-0.25, -0.2) is 0 Å². The summed E-state index contributed by atoms with van der Waals surface area (Å²) in [6.07, 6.45) is 2.95. The van der Waals surface area contributed by atoms with E-state index in [1.807, 2.05) is 31.2 Å². The number of carbonyl (C=O) groups is 2. The van der Waals surface area contributed by atoms with Crippen LogP contribution < -0.4 is 20.7 Å². The van der Waals surface area contributed by atoms with Crippen LogP contribution in [-0.4, -0.2) is 25.0 Å². The molecule has 3 N–H and O–H groups in total. The molecule has 0 saturated carbocycles. The van der Waals surface area contributed by atoms with Gasteiger partial charge in [0.2, 0.25) is 11.8 Å². The molecule has 0 radical (unpaired) electrons. The monoisotopic (exact) mass is 367 g/mol. The molecule has 0 bridgehead atoms. The van der Waals surface area contributed by atoms with E-state index in [2.05, 4.69) is 22.5 Å². The Morgan fingerprint density at radius 3 is 2.26 bits per heavy atom. The molecule has 6 heteroatoms. The standard InChI is InChI=1S/C21H25N3O3/c1-3-7-20(25)23-16-10-12-17(13-11-16)24-21(26)15-22-18-8-5-6-9-19(18)27-14-4-2/h4-6,8-13,22H,2-3,7,14-15H2,1H3,(H,23,25)(H,24,26). The maximum atomic E-state index is 12.2. The van der Waals surface area contributed by atoms with Gasteiger partial charge in [-0.05, 0) is 42.8 Å². The van der Waals surface area contributed by atoms with E-state index in [9.17, 15) is 9.59 Å². The lowest BCUT2D eigenvalue weighted by Gasteiger charge is -2.12. The molecule has 0 atom stereocenters. The van der Waals surface area contributed by atoms with Crippen molar-refractivity contribution in [1.29, 1.82) is 0 Å². The predicted molar refractivity (Wildman–Crippen MR) is 109 cm³/mol. The average molecular weight is 367 g/mol. The molecule has 0 fully saturated rings. The number of hydrogen-bond donors (Lipinski definition) is 3. The molecule has 2 amide bonds. The number of carbonyl (C=O) groups excluding carboxylic acids is 2. The first-order valence-corrected chi connectivity index (χ1v) is 8.88. The van der Waals surface area contributed by atoms with Crippen LogP contribution in [0.1, 0.15) is 19.8 Å². The van der Waals surface area contributed by atoms with Crippen molar-refractivity contribution < 1.29 is 14.3 Å². The summed E-state index contributed by atoms with van der Waals surface area (Å²) in [5, 5.41) is 8.68. The van der Waals surface area contributed by atoms with Gasteiger partial charge in [0.15, 0.2) is 0 Å². The minimum Gasteiger partial charge on any atom is -0.487 e. The molecule has 0 unspecified atom stereocenters. The highest BCUT2D eigenvalue weighted by Gasteiger charge is 2.06. The lowest BCUT2D eigenvalue weighted by atomic mass is 10.2. The molecule has 0 aliphatic heterocycles. The maximum absolute atomic E-state index is 12.2. The second-order valence-corrected chi connectivity index (χ2v) is 5.87. The molecule has 0 saturated heterocycles. The third-order valence-corrected chi connectivity index (χ3v) is 3.61. The number of ether oxygens (including phenoxy) is 1. The summed E-state index contributed by atoms with van der Waals surface area (Å²) in [4.78, 5) is 23.7. The van der Waals surface area contributed by atoms with Crippen LogP contribution in [0.5, 0.6) is 5.75 Å². The fourth-order valence-electron chi connectivity index (χ4n) is 2.36. The Bertz CT molecular complexity index is 772. The summed E-state index contributed by atoms with van der Waals surface area (Å²) in [5.74, 6) is 0.462. The Morgan fingerprint density at radius 1 is 1.00 bits per heavy atom. The van der Waals surface area contributed by atoms with Crippen molar-refractivity contribution in [3.05, 3.63) is 61.2 Å². The van der Waals surface area contributed by atoms with Gasteiger partial charge in [-0.3, -0.25) is 9.59 Å². The highest BCUT2D eigenvalue weighted by atomic mass is 16.5. The van der Waals surface area contributed by atoms with E-state index in [-0.39, 0.29) is 18.4 Å². The zero-order valence-electron chi connectivity index (χ0n) is 15.5. The minimum absolute atomic E-state index is 0.0178. The Morgan fingerprint density at radius 2 is 1.63 bits per heavy atom. The zero-order chi connectivity index (χ0) is 19.5. The summed E-state index contributed by atoms with van der Waals surface area (Å²) >= 11 is 0. The molecule has 6 nitrogen and oxygen atoms in total. The van der Waals surface area contributed by atoms with Crippen molar-refractivity contribution in [2.75, 3.05) is 29.1 Å². The molecular formula is C21H25N3O3. The number of anilines is 3. The van der Waals surface area contributed by atoms with E-state index in [0.29, 0.717) is 30.2 Å². The van der Waals surface area contributed by atoms with Crippen molar-refractivity contribution in [2.45, 2.75) is 19.8 Å². The van der Waals surface area contributed by atoms with Gasteiger partial charge in [-0.1, -0.05) is 31.7 Å². The van der Waals surface area contributed by atoms with Crippen LogP contribution in [0.2, 0.25) is 0 Å². The summed E-state index contributed by atoms with van der Waals surface area (Å²) in [6, 6.07) is 14.4. The van der Waals surface area contributed by atoms with Gasteiger partial charge < -0.3 is 20.7 Å². The molecular weight excluding hydrogens is 342 g/mol. The first kappa shape index (κ1) is 20.0. The van der Waals surface area contributed by atoms with Crippen molar-refractivity contribution >= 4 is 28.9 Å². The second kappa shape index (κ2) is 10.7. The summed E-state index contributed by atoms with van der Waals surface area (Å²) in [5.41, 5.74) is 2.10. The molecule has 0 spiro atoms. The van der Waals surface area contributed by atoms with Crippen molar-refractivity contribution in [2.24, 2.45) is 0 Å². The fourth-order valence-corrected chi connectivity index (χ4v) is 2.36. The maximum Gasteiger partial charge on any atom is 0.243 e. The molecule has 2 aromatic carbocycles. The van der Waals surface area contributed by atoms with Gasteiger partial charge in [-0.15, -0.1) is 0 Å². The fraction of sp³-hybridized carbons (Fsp3) is 0.238. The van der Waals surface area contributed by atoms with E-state index >= 15 is 0 Å². The van der Waals surface area contributed by atoms with Gasteiger partial charge in [0, 0.05) is 17.8 Å². The van der Waals surface area contributed by atoms with Crippen LogP contribution in [0.3, 0.4) is 0 Å². The highest BCUT2D eigenvalue weighted by Crippen LogP contribution is 2.23. The molecule has 27 heavy (non-hydrogen) atoms. The highest BCUT2D eigenvalue weighted by molar-refractivity contribution is 5.95.